The molecule has 1 aliphatic rings. The Balaban J connectivity index is 1.86. The summed E-state index contributed by atoms with van der Waals surface area (Å²) >= 11 is 0. The van der Waals surface area contributed by atoms with E-state index >= 15 is 0 Å². The first-order chi connectivity index (χ1) is 11.9. The summed E-state index contributed by atoms with van der Waals surface area (Å²) in [6.45, 7) is 6.38. The fourth-order valence-corrected chi connectivity index (χ4v) is 3.92. The van der Waals surface area contributed by atoms with E-state index < -0.39 is 0 Å². The number of nitrogens with zero attached hydrogens (tertiary/aromatic N) is 3. The molecule has 1 saturated heterocycles. The molecule has 1 amide bonds. The van der Waals surface area contributed by atoms with Gasteiger partial charge in [0.15, 0.2) is 5.65 Å². The summed E-state index contributed by atoms with van der Waals surface area (Å²) in [5.74, 6) is 0.642. The molecule has 7 heteroatoms. The molecular formula is C18H27N5O2. The first-order valence-corrected chi connectivity index (χ1v) is 8.89. The van der Waals surface area contributed by atoms with Gasteiger partial charge in [-0.2, -0.15) is 0 Å². The molecule has 1 aliphatic heterocycles. The monoisotopic (exact) mass is 345 g/mol. The van der Waals surface area contributed by atoms with Crippen molar-refractivity contribution in [3.8, 4) is 0 Å². The van der Waals surface area contributed by atoms with E-state index in [1.54, 1.807) is 11.7 Å². The van der Waals surface area contributed by atoms with Crippen LogP contribution in [0.15, 0.2) is 4.79 Å². The molecule has 3 rings (SSSR count). The van der Waals surface area contributed by atoms with Crippen LogP contribution in [-0.2, 0) is 18.3 Å². The lowest BCUT2D eigenvalue weighted by atomic mass is 9.96. The molecule has 2 aromatic rings. The van der Waals surface area contributed by atoms with Gasteiger partial charge >= 0.3 is 0 Å². The van der Waals surface area contributed by atoms with Crippen LogP contribution in [0.3, 0.4) is 0 Å². The van der Waals surface area contributed by atoms with E-state index in [0.29, 0.717) is 23.4 Å². The molecule has 2 aromatic heterocycles. The highest BCUT2D eigenvalue weighted by molar-refractivity contribution is 5.84. The number of piperidine rings is 1. The molecule has 1 atom stereocenters. The van der Waals surface area contributed by atoms with Crippen LogP contribution < -0.4 is 10.9 Å². The number of carbonyl (C=O) groups is 1. The Hall–Kier alpha value is -2.15. The first-order valence-electron chi connectivity index (χ1n) is 8.89. The summed E-state index contributed by atoms with van der Waals surface area (Å²) in [4.78, 5) is 31.5. The van der Waals surface area contributed by atoms with Crippen molar-refractivity contribution in [3.63, 3.8) is 0 Å². The Morgan fingerprint density at radius 1 is 1.40 bits per heavy atom. The lowest BCUT2D eigenvalue weighted by molar-refractivity contribution is -0.132. The molecule has 1 fully saturated rings. The van der Waals surface area contributed by atoms with Crippen molar-refractivity contribution in [3.05, 3.63) is 27.2 Å². The number of fused-ring (bicyclic) bond motifs is 1. The van der Waals surface area contributed by atoms with Gasteiger partial charge in [0.25, 0.3) is 5.56 Å². The Morgan fingerprint density at radius 3 is 2.88 bits per heavy atom. The topological polar surface area (TPSA) is 83.0 Å². The molecule has 0 spiro atoms. The summed E-state index contributed by atoms with van der Waals surface area (Å²) in [6.07, 6.45) is 2.52. The number of H-pyrrole nitrogens is 1. The predicted octanol–water partition coefficient (Wildman–Crippen LogP) is 0.879. The number of pyridine rings is 1. The molecular weight excluding hydrogens is 318 g/mol. The van der Waals surface area contributed by atoms with Crippen LogP contribution in [-0.4, -0.2) is 52.3 Å². The zero-order valence-electron chi connectivity index (χ0n) is 15.5. The van der Waals surface area contributed by atoms with Crippen LogP contribution in [0.4, 0.5) is 0 Å². The fraction of sp³-hybridized carbons (Fsp3) is 0.611. The van der Waals surface area contributed by atoms with Crippen LogP contribution in [0, 0.1) is 19.8 Å². The van der Waals surface area contributed by atoms with Gasteiger partial charge in [0.2, 0.25) is 5.91 Å². The third kappa shape index (κ3) is 3.33. The number of hydrogen-bond donors (Lipinski definition) is 2. The van der Waals surface area contributed by atoms with Gasteiger partial charge < -0.3 is 10.2 Å². The number of amides is 1. The normalized spacial score (nSPS) is 18.1. The van der Waals surface area contributed by atoms with E-state index in [-0.39, 0.29) is 11.5 Å². The number of nitrogens with one attached hydrogen (secondary N) is 2. The minimum absolute atomic E-state index is 0.125. The second-order valence-electron chi connectivity index (χ2n) is 7.08. The number of hydrogen-bond acceptors (Lipinski definition) is 4. The van der Waals surface area contributed by atoms with Crippen LogP contribution in [0.1, 0.15) is 29.7 Å². The first kappa shape index (κ1) is 17.7. The highest BCUT2D eigenvalue weighted by Gasteiger charge is 2.25. The average molecular weight is 345 g/mol. The van der Waals surface area contributed by atoms with Crippen molar-refractivity contribution in [2.45, 2.75) is 33.1 Å². The Bertz CT molecular complexity index is 849. The summed E-state index contributed by atoms with van der Waals surface area (Å²) in [6, 6.07) is 0. The fourth-order valence-electron chi connectivity index (χ4n) is 3.92. The maximum absolute atomic E-state index is 12.8. The second kappa shape index (κ2) is 7.00. The van der Waals surface area contributed by atoms with Crippen LogP contribution >= 0.6 is 0 Å². The quantitative estimate of drug-likeness (QED) is 0.862. The van der Waals surface area contributed by atoms with Crippen molar-refractivity contribution >= 4 is 16.9 Å². The van der Waals surface area contributed by atoms with Crippen molar-refractivity contribution in [2.24, 2.45) is 13.0 Å². The molecule has 0 aliphatic carbocycles. The largest absolute Gasteiger partial charge is 0.342 e. The number of likely N-dealkylation sites (tertiary alicyclic amines) is 1. The number of aryl methyl sites for hydroxylation is 3. The van der Waals surface area contributed by atoms with E-state index in [1.807, 2.05) is 25.8 Å². The average Bonchev–Trinajstić information content (AvgIpc) is 2.85. The van der Waals surface area contributed by atoms with Gasteiger partial charge in [-0.25, -0.2) is 4.98 Å². The summed E-state index contributed by atoms with van der Waals surface area (Å²) in [5.41, 5.74) is 3.05. The highest BCUT2D eigenvalue weighted by atomic mass is 16.2. The molecule has 2 N–H and O–H groups in total. The third-order valence-electron chi connectivity index (χ3n) is 5.27. The van der Waals surface area contributed by atoms with E-state index in [1.165, 1.54) is 0 Å². The van der Waals surface area contributed by atoms with Crippen LogP contribution in [0.2, 0.25) is 0 Å². The zero-order chi connectivity index (χ0) is 18.1. The molecule has 1 unspecified atom stereocenters. The Kier molecular flexibility index (Phi) is 4.94. The van der Waals surface area contributed by atoms with E-state index in [9.17, 15) is 9.59 Å². The van der Waals surface area contributed by atoms with E-state index in [4.69, 9.17) is 0 Å². The Labute approximate surface area is 147 Å². The van der Waals surface area contributed by atoms with Gasteiger partial charge in [0, 0.05) is 25.8 Å². The lowest BCUT2D eigenvalue weighted by Gasteiger charge is -2.33. The summed E-state index contributed by atoms with van der Waals surface area (Å²) in [7, 11) is 3.72. The van der Waals surface area contributed by atoms with Gasteiger partial charge in [-0.1, -0.05) is 0 Å². The third-order valence-corrected chi connectivity index (χ3v) is 5.27. The molecule has 136 valence electrons. The minimum Gasteiger partial charge on any atom is -0.342 e. The number of carbonyl (C=O) groups excluding carboxylic acids is 1. The molecule has 0 radical (unpaired) electrons. The van der Waals surface area contributed by atoms with Crippen molar-refractivity contribution in [1.29, 1.82) is 0 Å². The van der Waals surface area contributed by atoms with Gasteiger partial charge in [0.1, 0.15) is 0 Å². The highest BCUT2D eigenvalue weighted by Crippen LogP contribution is 2.22. The van der Waals surface area contributed by atoms with Gasteiger partial charge in [-0.3, -0.25) is 19.4 Å². The van der Waals surface area contributed by atoms with E-state index in [2.05, 4.69) is 15.4 Å². The number of aromatic amines is 1. The van der Waals surface area contributed by atoms with Crippen molar-refractivity contribution in [2.75, 3.05) is 26.7 Å². The molecule has 0 bridgehead atoms. The van der Waals surface area contributed by atoms with Crippen molar-refractivity contribution < 1.29 is 4.79 Å². The lowest BCUT2D eigenvalue weighted by Crippen LogP contribution is -2.43. The summed E-state index contributed by atoms with van der Waals surface area (Å²) in [5, 5.41) is 6.53. The standard InChI is InChI=1S/C18H27N5O2/c1-11-14(12(2)20-17-16(11)18(25)21-22(17)4)8-15(24)23-7-5-6-13(10-23)9-19-3/h13,19H,5-10H2,1-4H3,(H,21,25). The summed E-state index contributed by atoms with van der Waals surface area (Å²) < 4.78 is 1.64. The molecule has 25 heavy (non-hydrogen) atoms. The molecule has 0 saturated carbocycles. The molecule has 0 aromatic carbocycles. The van der Waals surface area contributed by atoms with Crippen molar-refractivity contribution in [1.82, 2.24) is 25.0 Å². The van der Waals surface area contributed by atoms with Crippen LogP contribution in [0.25, 0.3) is 11.0 Å². The van der Waals surface area contributed by atoms with Gasteiger partial charge in [0.05, 0.1) is 11.8 Å². The maximum atomic E-state index is 12.8. The Morgan fingerprint density at radius 2 is 2.16 bits per heavy atom. The smallest absolute Gasteiger partial charge is 0.273 e. The van der Waals surface area contributed by atoms with E-state index in [0.717, 1.165) is 49.3 Å². The van der Waals surface area contributed by atoms with Gasteiger partial charge in [-0.05, 0) is 57.3 Å². The SMILES string of the molecule is CNCC1CCCN(C(=O)Cc2c(C)nc3c(c2C)c(=O)[nH]n3C)C1. The number of aromatic nitrogens is 3. The molecule has 7 nitrogen and oxygen atoms in total. The number of rotatable bonds is 4. The zero-order valence-corrected chi connectivity index (χ0v) is 15.5. The predicted molar refractivity (Wildman–Crippen MR) is 97.7 cm³/mol. The van der Waals surface area contributed by atoms with Gasteiger partial charge in [-0.15, -0.1) is 0 Å². The van der Waals surface area contributed by atoms with Crippen LogP contribution in [0.5, 0.6) is 0 Å². The maximum Gasteiger partial charge on any atom is 0.273 e. The molecule has 3 heterocycles. The second-order valence-corrected chi connectivity index (χ2v) is 7.08. The minimum atomic E-state index is -0.150.